The molecule has 8 atom stereocenters. The second kappa shape index (κ2) is 6.15. The Morgan fingerprint density at radius 3 is 2.70 bits per heavy atom. The molecule has 27 heavy (non-hydrogen) atoms. The lowest BCUT2D eigenvalue weighted by Crippen LogP contribution is -2.65. The summed E-state index contributed by atoms with van der Waals surface area (Å²) in [4.78, 5) is 24.9. The molecule has 7 heteroatoms. The molecular weight excluding hydrogens is 352 g/mol. The van der Waals surface area contributed by atoms with Crippen molar-refractivity contribution in [3.05, 3.63) is 22.8 Å². The Labute approximate surface area is 158 Å². The predicted molar refractivity (Wildman–Crippen MR) is 93.1 cm³/mol. The van der Waals surface area contributed by atoms with Crippen molar-refractivity contribution in [3.63, 3.8) is 0 Å². The van der Waals surface area contributed by atoms with Crippen molar-refractivity contribution in [2.45, 2.75) is 71.2 Å². The number of hydrogen-bond donors (Lipinski definition) is 2. The van der Waals surface area contributed by atoms with Gasteiger partial charge in [-0.25, -0.2) is 9.59 Å². The molecule has 0 aromatic carbocycles. The lowest BCUT2D eigenvalue weighted by molar-refractivity contribution is -0.222. The number of hydrogen-bond acceptors (Lipinski definition) is 7. The molecule has 0 aromatic heterocycles. The number of ether oxygens (including phenoxy) is 3. The van der Waals surface area contributed by atoms with Crippen LogP contribution in [0, 0.1) is 17.3 Å². The lowest BCUT2D eigenvalue weighted by atomic mass is 9.51. The van der Waals surface area contributed by atoms with Gasteiger partial charge in [-0.2, -0.15) is 0 Å². The number of aliphatic hydroxyl groups excluding tert-OH is 2. The van der Waals surface area contributed by atoms with E-state index in [2.05, 4.69) is 0 Å². The molecule has 0 radical (unpaired) electrons. The van der Waals surface area contributed by atoms with Gasteiger partial charge in [-0.3, -0.25) is 0 Å². The number of rotatable bonds is 2. The Morgan fingerprint density at radius 1 is 1.33 bits per heavy atom. The number of aliphatic hydroxyl groups is 2. The maximum Gasteiger partial charge on any atom is 0.334 e. The molecule has 2 aliphatic heterocycles. The first kappa shape index (κ1) is 18.7. The highest BCUT2D eigenvalue weighted by atomic mass is 16.6. The molecule has 3 fully saturated rings. The first-order chi connectivity index (χ1) is 12.7. The summed E-state index contributed by atoms with van der Waals surface area (Å²) in [5.74, 6) is -1.59. The summed E-state index contributed by atoms with van der Waals surface area (Å²) in [7, 11) is 0. The van der Waals surface area contributed by atoms with Crippen LogP contribution in [0.2, 0.25) is 0 Å². The van der Waals surface area contributed by atoms with Gasteiger partial charge < -0.3 is 24.4 Å². The molecule has 4 rings (SSSR count). The molecule has 4 aliphatic rings. The van der Waals surface area contributed by atoms with Gasteiger partial charge in [0.2, 0.25) is 0 Å². The second-order valence-electron chi connectivity index (χ2n) is 8.15. The fourth-order valence-electron chi connectivity index (χ4n) is 5.57. The quantitative estimate of drug-likeness (QED) is 0.550. The number of esters is 2. The molecule has 2 saturated carbocycles. The molecule has 2 bridgehead atoms. The fourth-order valence-corrected chi connectivity index (χ4v) is 5.57. The summed E-state index contributed by atoms with van der Waals surface area (Å²) in [5, 5.41) is 22.0. The van der Waals surface area contributed by atoms with Crippen LogP contribution < -0.4 is 0 Å². The van der Waals surface area contributed by atoms with Gasteiger partial charge in [0.05, 0.1) is 17.6 Å². The van der Waals surface area contributed by atoms with E-state index in [-0.39, 0.29) is 12.0 Å². The van der Waals surface area contributed by atoms with Gasteiger partial charge in [-0.15, -0.1) is 0 Å². The van der Waals surface area contributed by atoms with Crippen LogP contribution in [0.25, 0.3) is 0 Å². The molecule has 2 heterocycles. The molecule has 0 unspecified atom stereocenters. The van der Waals surface area contributed by atoms with E-state index in [4.69, 9.17) is 14.2 Å². The maximum atomic E-state index is 12.6. The van der Waals surface area contributed by atoms with E-state index in [1.165, 1.54) is 0 Å². The minimum Gasteiger partial charge on any atom is -0.453 e. The van der Waals surface area contributed by atoms with Crippen molar-refractivity contribution in [2.75, 3.05) is 0 Å². The molecule has 0 aromatic rings. The first-order valence-corrected chi connectivity index (χ1v) is 9.52. The van der Waals surface area contributed by atoms with Crippen molar-refractivity contribution < 1.29 is 34.0 Å². The monoisotopic (exact) mass is 378 g/mol. The summed E-state index contributed by atoms with van der Waals surface area (Å²) < 4.78 is 17.1. The van der Waals surface area contributed by atoms with Gasteiger partial charge in [-0.1, -0.05) is 13.0 Å². The molecule has 2 aliphatic carbocycles. The zero-order valence-corrected chi connectivity index (χ0v) is 16.0. The lowest BCUT2D eigenvalue weighted by Gasteiger charge is -2.55. The van der Waals surface area contributed by atoms with E-state index in [9.17, 15) is 19.8 Å². The van der Waals surface area contributed by atoms with Crippen LogP contribution in [0.15, 0.2) is 22.8 Å². The fraction of sp³-hybridized carbons (Fsp3) is 0.700. The van der Waals surface area contributed by atoms with E-state index in [1.54, 1.807) is 26.8 Å². The average molecular weight is 378 g/mol. The minimum absolute atomic E-state index is 0.151. The van der Waals surface area contributed by atoms with E-state index in [1.807, 2.05) is 6.92 Å². The van der Waals surface area contributed by atoms with Crippen LogP contribution in [0.3, 0.4) is 0 Å². The van der Waals surface area contributed by atoms with E-state index < -0.39 is 47.9 Å². The Morgan fingerprint density at radius 2 is 2.04 bits per heavy atom. The molecule has 1 spiro atoms. The van der Waals surface area contributed by atoms with E-state index >= 15 is 0 Å². The molecule has 7 nitrogen and oxygen atoms in total. The largest absolute Gasteiger partial charge is 0.453 e. The third-order valence-corrected chi connectivity index (χ3v) is 7.20. The zero-order valence-electron chi connectivity index (χ0n) is 16.0. The molecule has 148 valence electrons. The number of allylic oxidation sites excluding steroid dienone is 1. The van der Waals surface area contributed by atoms with Gasteiger partial charge in [0.1, 0.15) is 6.10 Å². The van der Waals surface area contributed by atoms with Crippen LogP contribution >= 0.6 is 0 Å². The topological polar surface area (TPSA) is 102 Å². The Hall–Kier alpha value is -1.70. The van der Waals surface area contributed by atoms with Gasteiger partial charge in [0.25, 0.3) is 0 Å². The minimum atomic E-state index is -1.19. The highest BCUT2D eigenvalue weighted by Gasteiger charge is 2.72. The molecular formula is C20H26O7. The summed E-state index contributed by atoms with van der Waals surface area (Å²) in [6.45, 7) is 6.96. The highest BCUT2D eigenvalue weighted by molar-refractivity contribution is 5.93. The standard InChI is InChI=1S/C20H26O7/c1-5-8(2)17(22)27-16-13-9(3)18(23)26-15(13)14(21)11-6-7-12-10(4)20(11,16)19(24)25-12/h5,10-12,14-16,19,21,24H,6-7H2,1-4H3/b8-5-/t10-,11+,12-,14+,15+,16+,19+,20-/m0/s1. The van der Waals surface area contributed by atoms with Gasteiger partial charge >= 0.3 is 11.9 Å². The summed E-state index contributed by atoms with van der Waals surface area (Å²) in [6.07, 6.45) is -1.14. The summed E-state index contributed by atoms with van der Waals surface area (Å²) in [5.41, 5.74) is 0.212. The van der Waals surface area contributed by atoms with Crippen LogP contribution in [-0.4, -0.2) is 52.9 Å². The zero-order chi connectivity index (χ0) is 19.7. The van der Waals surface area contributed by atoms with Gasteiger partial charge in [-0.05, 0) is 39.5 Å². The van der Waals surface area contributed by atoms with Crippen molar-refractivity contribution >= 4 is 11.9 Å². The summed E-state index contributed by atoms with van der Waals surface area (Å²) >= 11 is 0. The summed E-state index contributed by atoms with van der Waals surface area (Å²) in [6, 6.07) is 0. The third-order valence-electron chi connectivity index (χ3n) is 7.20. The number of carbonyl (C=O) groups excluding carboxylic acids is 2. The SMILES string of the molecule is C/C=C(/C)C(=O)O[C@@H]1C2=C(C)C(=O)O[C@H]2[C@H](O)[C@H]2CC[C@@H]3O[C@@H](O)[C@]12[C@H]3C. The van der Waals surface area contributed by atoms with Gasteiger partial charge in [0.15, 0.2) is 12.4 Å². The second-order valence-corrected chi connectivity index (χ2v) is 8.15. The molecule has 0 amide bonds. The smallest absolute Gasteiger partial charge is 0.334 e. The van der Waals surface area contributed by atoms with E-state index in [0.717, 1.165) is 0 Å². The van der Waals surface area contributed by atoms with Gasteiger partial charge in [0, 0.05) is 22.6 Å². The van der Waals surface area contributed by atoms with Crippen molar-refractivity contribution in [1.82, 2.24) is 0 Å². The number of fused-ring (bicyclic) bond motifs is 2. The van der Waals surface area contributed by atoms with Crippen molar-refractivity contribution in [2.24, 2.45) is 17.3 Å². The normalized spacial score (nSPS) is 46.1. The Kier molecular flexibility index (Phi) is 4.25. The first-order valence-electron chi connectivity index (χ1n) is 9.52. The van der Waals surface area contributed by atoms with Crippen LogP contribution in [0.1, 0.15) is 40.5 Å². The van der Waals surface area contributed by atoms with Crippen LogP contribution in [0.5, 0.6) is 0 Å². The third kappa shape index (κ3) is 2.25. The van der Waals surface area contributed by atoms with Crippen LogP contribution in [-0.2, 0) is 23.8 Å². The van der Waals surface area contributed by atoms with Crippen LogP contribution in [0.4, 0.5) is 0 Å². The highest BCUT2D eigenvalue weighted by Crippen LogP contribution is 2.63. The predicted octanol–water partition coefficient (Wildman–Crippen LogP) is 1.23. The molecule has 1 saturated heterocycles. The Bertz CT molecular complexity index is 753. The Balaban J connectivity index is 1.89. The number of carbonyl (C=O) groups is 2. The van der Waals surface area contributed by atoms with E-state index in [0.29, 0.717) is 29.6 Å². The van der Waals surface area contributed by atoms with Crippen molar-refractivity contribution in [3.8, 4) is 0 Å². The van der Waals surface area contributed by atoms with Crippen molar-refractivity contribution in [1.29, 1.82) is 0 Å². The average Bonchev–Trinajstić information content (AvgIpc) is 2.99. The molecule has 2 N–H and O–H groups in total. The maximum absolute atomic E-state index is 12.6.